The van der Waals surface area contributed by atoms with Crippen molar-refractivity contribution >= 4 is 23.0 Å². The highest BCUT2D eigenvalue weighted by Gasteiger charge is 2.46. The lowest BCUT2D eigenvalue weighted by molar-refractivity contribution is -0.145. The molecule has 1 aromatic heterocycles. The number of amides is 1. The Labute approximate surface area is 199 Å². The van der Waals surface area contributed by atoms with Gasteiger partial charge in [-0.05, 0) is 11.5 Å². The number of piperidine rings is 1. The molecule has 3 N–H and O–H groups in total. The summed E-state index contributed by atoms with van der Waals surface area (Å²) in [5, 5.41) is 14.1. The van der Waals surface area contributed by atoms with E-state index >= 15 is 0 Å². The molecule has 1 fully saturated rings. The first-order valence-electron chi connectivity index (χ1n) is 10.8. The molecule has 1 amide bonds. The third-order valence-electron chi connectivity index (χ3n) is 5.63. The number of hydrogen-bond acceptors (Lipinski definition) is 6. The molecule has 1 aromatic carbocycles. The molecule has 0 radical (unpaired) electrons. The van der Waals surface area contributed by atoms with Gasteiger partial charge < -0.3 is 15.5 Å². The van der Waals surface area contributed by atoms with Gasteiger partial charge in [0.2, 0.25) is 0 Å². The molecular formula is C23H25F5N6O. The molecule has 35 heavy (non-hydrogen) atoms. The molecule has 188 valence electrons. The Kier molecular flexibility index (Phi) is 7.71. The van der Waals surface area contributed by atoms with Crippen LogP contribution in [0.4, 0.5) is 27.8 Å². The van der Waals surface area contributed by atoms with E-state index in [0.717, 1.165) is 11.1 Å². The van der Waals surface area contributed by atoms with Crippen molar-refractivity contribution in [2.75, 3.05) is 25.5 Å². The van der Waals surface area contributed by atoms with E-state index in [1.54, 1.807) is 44.3 Å². The first-order chi connectivity index (χ1) is 16.4. The largest absolute Gasteiger partial charge is 0.434 e. The molecule has 0 spiro atoms. The Bertz CT molecular complexity index is 1070. The van der Waals surface area contributed by atoms with Crippen molar-refractivity contribution in [3.05, 3.63) is 60.2 Å². The Hall–Kier alpha value is -3.57. The minimum atomic E-state index is -4.64. The van der Waals surface area contributed by atoms with E-state index in [1.807, 2.05) is 0 Å². The Morgan fingerprint density at radius 3 is 2.49 bits per heavy atom. The zero-order chi connectivity index (χ0) is 25.8. The number of aromatic nitrogens is 2. The molecule has 1 unspecified atom stereocenters. The zero-order valence-corrected chi connectivity index (χ0v) is 19.0. The van der Waals surface area contributed by atoms with Crippen molar-refractivity contribution in [1.82, 2.24) is 20.2 Å². The number of benzene rings is 1. The topological polar surface area (TPSA) is 94.0 Å². The third-order valence-corrected chi connectivity index (χ3v) is 5.63. The van der Waals surface area contributed by atoms with Crippen molar-refractivity contribution in [3.63, 3.8) is 0 Å². The standard InChI is InChI=1S/C23H25F5N6O/c1-14-8-22(24,25)13-34(17(14)10-32-19-12-31-18(11-33-19)23(26,27)28)21(35)20(29)16(9-30-2)15-6-4-3-5-7-15/h3-7,9,11-12,14,17,29-30H,8,10,13H2,1-2H3,(H,32,33)/b16-9-,29-20?/t14-,17?/m1/s1. The molecule has 1 aliphatic heterocycles. The minimum absolute atomic E-state index is 0.00469. The van der Waals surface area contributed by atoms with E-state index in [4.69, 9.17) is 5.41 Å². The zero-order valence-electron chi connectivity index (χ0n) is 19.0. The summed E-state index contributed by atoms with van der Waals surface area (Å²) in [5.41, 5.74) is -0.829. The maximum Gasteiger partial charge on any atom is 0.434 e. The van der Waals surface area contributed by atoms with Crippen LogP contribution in [-0.4, -0.2) is 58.6 Å². The first-order valence-corrected chi connectivity index (χ1v) is 10.8. The number of nitrogens with one attached hydrogen (secondary N) is 3. The van der Waals surface area contributed by atoms with Crippen molar-refractivity contribution in [1.29, 1.82) is 5.41 Å². The summed E-state index contributed by atoms with van der Waals surface area (Å²) < 4.78 is 67.0. The highest BCUT2D eigenvalue weighted by atomic mass is 19.4. The average Bonchev–Trinajstić information content (AvgIpc) is 2.80. The first kappa shape index (κ1) is 26.0. The fourth-order valence-corrected chi connectivity index (χ4v) is 3.97. The number of carbonyl (C=O) groups is 1. The van der Waals surface area contributed by atoms with E-state index in [-0.39, 0.29) is 17.9 Å². The van der Waals surface area contributed by atoms with Crippen LogP contribution in [0.5, 0.6) is 0 Å². The molecule has 2 atom stereocenters. The van der Waals surface area contributed by atoms with E-state index in [1.165, 1.54) is 6.20 Å². The molecule has 0 saturated carbocycles. The normalized spacial score (nSPS) is 20.3. The van der Waals surface area contributed by atoms with Gasteiger partial charge in [-0.25, -0.2) is 18.7 Å². The highest BCUT2D eigenvalue weighted by molar-refractivity contribution is 6.54. The molecular weight excluding hydrogens is 471 g/mol. The highest BCUT2D eigenvalue weighted by Crippen LogP contribution is 2.35. The van der Waals surface area contributed by atoms with Gasteiger partial charge in [0.15, 0.2) is 5.69 Å². The molecule has 7 nitrogen and oxygen atoms in total. The van der Waals surface area contributed by atoms with E-state index in [2.05, 4.69) is 20.6 Å². The van der Waals surface area contributed by atoms with Crippen molar-refractivity contribution in [2.24, 2.45) is 5.92 Å². The van der Waals surface area contributed by atoms with Crippen LogP contribution in [0.25, 0.3) is 5.57 Å². The number of nitrogens with zero attached hydrogens (tertiary/aromatic N) is 3. The number of carbonyl (C=O) groups excluding carboxylic acids is 1. The Balaban J connectivity index is 1.83. The van der Waals surface area contributed by atoms with Crippen LogP contribution in [0, 0.1) is 11.3 Å². The Morgan fingerprint density at radius 1 is 1.23 bits per heavy atom. The van der Waals surface area contributed by atoms with Crippen LogP contribution in [-0.2, 0) is 11.0 Å². The summed E-state index contributed by atoms with van der Waals surface area (Å²) in [6.45, 7) is 0.612. The number of rotatable bonds is 7. The fraction of sp³-hybridized carbons (Fsp3) is 0.391. The van der Waals surface area contributed by atoms with E-state index in [0.29, 0.717) is 11.8 Å². The van der Waals surface area contributed by atoms with Crippen LogP contribution in [0.3, 0.4) is 0 Å². The van der Waals surface area contributed by atoms with Crippen LogP contribution < -0.4 is 10.6 Å². The minimum Gasteiger partial charge on any atom is -0.393 e. The van der Waals surface area contributed by atoms with Gasteiger partial charge in [-0.2, -0.15) is 13.2 Å². The van der Waals surface area contributed by atoms with Crippen molar-refractivity contribution < 1.29 is 26.7 Å². The second-order valence-electron chi connectivity index (χ2n) is 8.29. The lowest BCUT2D eigenvalue weighted by Crippen LogP contribution is -2.58. The lowest BCUT2D eigenvalue weighted by Gasteiger charge is -2.43. The maximum absolute atomic E-state index is 14.5. The molecule has 1 saturated heterocycles. The van der Waals surface area contributed by atoms with Crippen LogP contribution in [0.1, 0.15) is 24.6 Å². The molecule has 0 aliphatic carbocycles. The second kappa shape index (κ2) is 10.4. The average molecular weight is 496 g/mol. The number of alkyl halides is 5. The van der Waals surface area contributed by atoms with Crippen LogP contribution in [0.15, 0.2) is 48.9 Å². The quantitative estimate of drug-likeness (QED) is 0.397. The summed E-state index contributed by atoms with van der Waals surface area (Å²) in [6.07, 6.45) is -2.22. The van der Waals surface area contributed by atoms with E-state index < -0.39 is 54.3 Å². The van der Waals surface area contributed by atoms with Gasteiger partial charge in [-0.3, -0.25) is 10.2 Å². The molecule has 2 aromatic rings. The van der Waals surface area contributed by atoms with Gasteiger partial charge in [0.1, 0.15) is 11.5 Å². The fourth-order valence-electron chi connectivity index (χ4n) is 3.97. The molecule has 3 rings (SSSR count). The number of anilines is 1. The van der Waals surface area contributed by atoms with Gasteiger partial charge in [-0.1, -0.05) is 37.3 Å². The van der Waals surface area contributed by atoms with Gasteiger partial charge in [0.05, 0.1) is 25.0 Å². The Morgan fingerprint density at radius 2 is 1.91 bits per heavy atom. The van der Waals surface area contributed by atoms with Gasteiger partial charge in [-0.15, -0.1) is 0 Å². The van der Waals surface area contributed by atoms with Crippen molar-refractivity contribution in [3.8, 4) is 0 Å². The second-order valence-corrected chi connectivity index (χ2v) is 8.29. The number of halogens is 5. The molecule has 12 heteroatoms. The monoisotopic (exact) mass is 496 g/mol. The van der Waals surface area contributed by atoms with Gasteiger partial charge in [0, 0.05) is 31.8 Å². The van der Waals surface area contributed by atoms with Gasteiger partial charge >= 0.3 is 6.18 Å². The third kappa shape index (κ3) is 6.31. The maximum atomic E-state index is 14.5. The summed E-state index contributed by atoms with van der Waals surface area (Å²) in [7, 11) is 1.59. The summed E-state index contributed by atoms with van der Waals surface area (Å²) in [6, 6.07) is 7.85. The van der Waals surface area contributed by atoms with Crippen LogP contribution in [0.2, 0.25) is 0 Å². The van der Waals surface area contributed by atoms with Crippen LogP contribution >= 0.6 is 0 Å². The smallest absolute Gasteiger partial charge is 0.393 e. The van der Waals surface area contributed by atoms with Gasteiger partial charge in [0.25, 0.3) is 11.8 Å². The SMILES string of the molecule is CN/C=C(\C(=N)C(=O)N1CC(F)(F)C[C@@H](C)C1CNc1cnc(C(F)(F)F)cn1)c1ccccc1. The number of hydrogen-bond donors (Lipinski definition) is 3. The summed E-state index contributed by atoms with van der Waals surface area (Å²) in [5.74, 6) is -4.70. The molecule has 1 aliphatic rings. The van der Waals surface area contributed by atoms with E-state index in [9.17, 15) is 26.7 Å². The lowest BCUT2D eigenvalue weighted by atomic mass is 9.87. The summed E-state index contributed by atoms with van der Waals surface area (Å²) in [4.78, 5) is 21.3. The predicted molar refractivity (Wildman–Crippen MR) is 121 cm³/mol. The molecule has 0 bridgehead atoms. The summed E-state index contributed by atoms with van der Waals surface area (Å²) >= 11 is 0. The predicted octanol–water partition coefficient (Wildman–Crippen LogP) is 4.06. The van der Waals surface area contributed by atoms with Crippen molar-refractivity contribution in [2.45, 2.75) is 31.5 Å². The molecule has 2 heterocycles. The number of likely N-dealkylation sites (tertiary alicyclic amines) is 1.